The molecule has 0 heterocycles. The van der Waals surface area contributed by atoms with E-state index in [4.69, 9.17) is 10.5 Å². The first kappa shape index (κ1) is 14.6. The predicted octanol–water partition coefficient (Wildman–Crippen LogP) is 3.51. The molecule has 0 aromatic heterocycles. The Morgan fingerprint density at radius 1 is 1.39 bits per heavy atom. The van der Waals surface area contributed by atoms with Crippen molar-refractivity contribution >= 4 is 11.4 Å². The van der Waals surface area contributed by atoms with E-state index < -0.39 is 0 Å². The quantitative estimate of drug-likeness (QED) is 0.790. The summed E-state index contributed by atoms with van der Waals surface area (Å²) in [6.45, 7) is 9.30. The number of nitrogens with two attached hydrogens (primary N) is 1. The van der Waals surface area contributed by atoms with Gasteiger partial charge in [0.25, 0.3) is 0 Å². The van der Waals surface area contributed by atoms with Crippen molar-refractivity contribution in [2.75, 3.05) is 24.7 Å². The van der Waals surface area contributed by atoms with Crippen LogP contribution in [0.2, 0.25) is 0 Å². The molecule has 4 heteroatoms. The fourth-order valence-electron chi connectivity index (χ4n) is 1.41. The van der Waals surface area contributed by atoms with E-state index in [1.165, 1.54) is 13.2 Å². The highest BCUT2D eigenvalue weighted by molar-refractivity contribution is 5.62. The van der Waals surface area contributed by atoms with Gasteiger partial charge in [-0.3, -0.25) is 0 Å². The molecule has 0 aliphatic carbocycles. The van der Waals surface area contributed by atoms with E-state index in [2.05, 4.69) is 33.0 Å². The summed E-state index contributed by atoms with van der Waals surface area (Å²) in [5.41, 5.74) is 6.46. The maximum atomic E-state index is 13.7. The topological polar surface area (TPSA) is 47.3 Å². The Labute approximate surface area is 109 Å². The highest BCUT2D eigenvalue weighted by Gasteiger charge is 2.22. The number of nitrogen functional groups attached to an aromatic ring is 1. The summed E-state index contributed by atoms with van der Waals surface area (Å²) in [4.78, 5) is 0. The van der Waals surface area contributed by atoms with Gasteiger partial charge >= 0.3 is 0 Å². The van der Waals surface area contributed by atoms with Gasteiger partial charge in [-0.25, -0.2) is 4.39 Å². The third-order valence-electron chi connectivity index (χ3n) is 3.62. The molecule has 0 bridgehead atoms. The van der Waals surface area contributed by atoms with Crippen LogP contribution in [0.1, 0.15) is 27.7 Å². The lowest BCUT2D eigenvalue weighted by Gasteiger charge is -2.30. The average Bonchev–Trinajstić information content (AvgIpc) is 2.27. The summed E-state index contributed by atoms with van der Waals surface area (Å²) >= 11 is 0. The van der Waals surface area contributed by atoms with Gasteiger partial charge < -0.3 is 15.8 Å². The van der Waals surface area contributed by atoms with Crippen LogP contribution in [0, 0.1) is 17.2 Å². The molecular formula is C14H23FN2O. The lowest BCUT2D eigenvalue weighted by atomic mass is 9.81. The number of anilines is 2. The van der Waals surface area contributed by atoms with E-state index in [9.17, 15) is 4.39 Å². The number of halogens is 1. The Morgan fingerprint density at radius 3 is 2.50 bits per heavy atom. The molecule has 0 aliphatic rings. The lowest BCUT2D eigenvalue weighted by Crippen LogP contribution is -2.28. The molecule has 0 aliphatic heterocycles. The third-order valence-corrected chi connectivity index (χ3v) is 3.62. The van der Waals surface area contributed by atoms with Crippen molar-refractivity contribution in [3.8, 4) is 5.75 Å². The first-order valence-electron chi connectivity index (χ1n) is 6.15. The SMILES string of the molecule is COc1cc(NCC(C)(C)C(C)C)c(F)cc1N. The van der Waals surface area contributed by atoms with Crippen LogP contribution in [-0.2, 0) is 0 Å². The Balaban J connectivity index is 2.85. The number of nitrogens with one attached hydrogen (secondary N) is 1. The molecule has 18 heavy (non-hydrogen) atoms. The van der Waals surface area contributed by atoms with Crippen LogP contribution in [-0.4, -0.2) is 13.7 Å². The molecule has 0 spiro atoms. The summed E-state index contributed by atoms with van der Waals surface area (Å²) in [5.74, 6) is 0.637. The van der Waals surface area contributed by atoms with Crippen LogP contribution >= 0.6 is 0 Å². The molecule has 0 saturated carbocycles. The Morgan fingerprint density at radius 2 is 2.00 bits per heavy atom. The number of benzene rings is 1. The molecule has 3 N–H and O–H groups in total. The average molecular weight is 254 g/mol. The van der Waals surface area contributed by atoms with Crippen molar-refractivity contribution in [3.63, 3.8) is 0 Å². The minimum absolute atomic E-state index is 0.0844. The highest BCUT2D eigenvalue weighted by Crippen LogP contribution is 2.31. The summed E-state index contributed by atoms with van der Waals surface area (Å²) < 4.78 is 18.8. The van der Waals surface area contributed by atoms with Gasteiger partial charge in [0.15, 0.2) is 0 Å². The summed E-state index contributed by atoms with van der Waals surface area (Å²) in [6, 6.07) is 2.88. The zero-order valence-electron chi connectivity index (χ0n) is 11.8. The van der Waals surface area contributed by atoms with Crippen LogP contribution in [0.25, 0.3) is 0 Å². The summed E-state index contributed by atoms with van der Waals surface area (Å²) in [6.07, 6.45) is 0. The second-order valence-corrected chi connectivity index (χ2v) is 5.57. The van der Waals surface area contributed by atoms with Crippen molar-refractivity contribution in [2.24, 2.45) is 11.3 Å². The molecule has 0 amide bonds. The van der Waals surface area contributed by atoms with Gasteiger partial charge in [-0.15, -0.1) is 0 Å². The number of methoxy groups -OCH3 is 1. The predicted molar refractivity (Wildman–Crippen MR) is 74.5 cm³/mol. The van der Waals surface area contributed by atoms with Crippen LogP contribution < -0.4 is 15.8 Å². The van der Waals surface area contributed by atoms with E-state index in [1.807, 2.05) is 0 Å². The molecule has 0 unspecified atom stereocenters. The van der Waals surface area contributed by atoms with Crippen LogP contribution in [0.5, 0.6) is 5.75 Å². The minimum atomic E-state index is -0.354. The molecule has 102 valence electrons. The van der Waals surface area contributed by atoms with Gasteiger partial charge in [-0.2, -0.15) is 0 Å². The third kappa shape index (κ3) is 3.28. The van der Waals surface area contributed by atoms with E-state index in [0.29, 0.717) is 29.6 Å². The van der Waals surface area contributed by atoms with Crippen molar-refractivity contribution < 1.29 is 9.13 Å². The monoisotopic (exact) mass is 254 g/mol. The largest absolute Gasteiger partial charge is 0.495 e. The van der Waals surface area contributed by atoms with Crippen molar-refractivity contribution in [1.82, 2.24) is 0 Å². The maximum Gasteiger partial charge on any atom is 0.148 e. The minimum Gasteiger partial charge on any atom is -0.495 e. The normalized spacial score (nSPS) is 11.7. The number of hydrogen-bond donors (Lipinski definition) is 2. The Bertz CT molecular complexity index is 417. The van der Waals surface area contributed by atoms with Crippen molar-refractivity contribution in [1.29, 1.82) is 0 Å². The molecule has 1 aromatic carbocycles. The van der Waals surface area contributed by atoms with Gasteiger partial charge in [0, 0.05) is 18.7 Å². The molecular weight excluding hydrogens is 231 g/mol. The lowest BCUT2D eigenvalue weighted by molar-refractivity contribution is 0.269. The number of rotatable bonds is 5. The Kier molecular flexibility index (Phi) is 4.43. The van der Waals surface area contributed by atoms with E-state index in [1.54, 1.807) is 6.07 Å². The molecule has 0 fully saturated rings. The number of hydrogen-bond acceptors (Lipinski definition) is 3. The van der Waals surface area contributed by atoms with E-state index in [0.717, 1.165) is 0 Å². The smallest absolute Gasteiger partial charge is 0.148 e. The second-order valence-electron chi connectivity index (χ2n) is 5.57. The fourth-order valence-corrected chi connectivity index (χ4v) is 1.41. The number of ether oxygens (including phenoxy) is 1. The van der Waals surface area contributed by atoms with Gasteiger partial charge in [0.1, 0.15) is 11.6 Å². The van der Waals surface area contributed by atoms with Gasteiger partial charge in [-0.05, 0) is 11.3 Å². The van der Waals surface area contributed by atoms with Crippen LogP contribution in [0.15, 0.2) is 12.1 Å². The summed E-state index contributed by atoms with van der Waals surface area (Å²) in [5, 5.41) is 3.13. The Hall–Kier alpha value is -1.45. The van der Waals surface area contributed by atoms with Crippen LogP contribution in [0.3, 0.4) is 0 Å². The standard InChI is InChI=1S/C14H23FN2O/c1-9(2)14(3,4)8-17-12-7-13(18-5)11(16)6-10(12)15/h6-7,9,17H,8,16H2,1-5H3. The van der Waals surface area contributed by atoms with Crippen LogP contribution in [0.4, 0.5) is 15.8 Å². The first-order chi connectivity index (χ1) is 8.27. The molecule has 1 aromatic rings. The molecule has 1 rings (SSSR count). The zero-order chi connectivity index (χ0) is 13.9. The van der Waals surface area contributed by atoms with Gasteiger partial charge in [0.2, 0.25) is 0 Å². The highest BCUT2D eigenvalue weighted by atomic mass is 19.1. The summed E-state index contributed by atoms with van der Waals surface area (Å²) in [7, 11) is 1.52. The van der Waals surface area contributed by atoms with E-state index >= 15 is 0 Å². The van der Waals surface area contributed by atoms with Crippen molar-refractivity contribution in [2.45, 2.75) is 27.7 Å². The second kappa shape index (κ2) is 5.46. The molecule has 3 nitrogen and oxygen atoms in total. The van der Waals surface area contributed by atoms with Gasteiger partial charge in [-0.1, -0.05) is 27.7 Å². The maximum absolute atomic E-state index is 13.7. The van der Waals surface area contributed by atoms with E-state index in [-0.39, 0.29) is 11.2 Å². The molecule has 0 saturated heterocycles. The molecule has 0 atom stereocenters. The molecule has 0 radical (unpaired) electrons. The zero-order valence-corrected chi connectivity index (χ0v) is 11.8. The van der Waals surface area contributed by atoms with Crippen molar-refractivity contribution in [3.05, 3.63) is 17.9 Å². The first-order valence-corrected chi connectivity index (χ1v) is 6.15. The fraction of sp³-hybridized carbons (Fsp3) is 0.571. The van der Waals surface area contributed by atoms with Gasteiger partial charge in [0.05, 0.1) is 18.5 Å².